The number of carbonyl (C=O) groups is 1. The van der Waals surface area contributed by atoms with Gasteiger partial charge in [-0.2, -0.15) is 0 Å². The van der Waals surface area contributed by atoms with E-state index in [9.17, 15) is 23.1 Å². The molecular weight excluding hydrogens is 323 g/mol. The third kappa shape index (κ3) is 4.41. The van der Waals surface area contributed by atoms with Gasteiger partial charge in [0, 0.05) is 25.7 Å². The second-order valence-electron chi connectivity index (χ2n) is 5.16. The van der Waals surface area contributed by atoms with Gasteiger partial charge in [-0.05, 0) is 30.7 Å². The largest absolute Gasteiger partial charge is 0.507 e. The molecule has 1 amide bonds. The van der Waals surface area contributed by atoms with E-state index in [1.165, 1.54) is 36.2 Å². The van der Waals surface area contributed by atoms with Gasteiger partial charge in [0.2, 0.25) is 0 Å². The maximum atomic E-state index is 13.7. The summed E-state index contributed by atoms with van der Waals surface area (Å²) in [6, 6.07) is 6.72. The standard InChI is InChI=1S/C17H16F3NO3/c1-21(7-2-8-24-13-5-3-11(18)4-6-13)17(23)16-14(20)9-12(19)10-15(16)22/h3-6,9-10,22H,2,7-8H2,1H3. The topological polar surface area (TPSA) is 49.8 Å². The van der Waals surface area contributed by atoms with Gasteiger partial charge in [-0.1, -0.05) is 0 Å². The van der Waals surface area contributed by atoms with Gasteiger partial charge in [-0.15, -0.1) is 0 Å². The van der Waals surface area contributed by atoms with Crippen LogP contribution in [0.25, 0.3) is 0 Å². The molecule has 0 saturated heterocycles. The molecule has 2 aromatic rings. The number of aromatic hydroxyl groups is 1. The molecule has 1 N–H and O–H groups in total. The van der Waals surface area contributed by atoms with E-state index in [1.807, 2.05) is 0 Å². The molecule has 0 fully saturated rings. The van der Waals surface area contributed by atoms with Crippen LogP contribution in [0.4, 0.5) is 13.2 Å². The SMILES string of the molecule is CN(CCCOc1ccc(F)cc1)C(=O)c1c(O)cc(F)cc1F. The minimum absolute atomic E-state index is 0.232. The lowest BCUT2D eigenvalue weighted by Crippen LogP contribution is -2.29. The molecule has 2 aromatic carbocycles. The van der Waals surface area contributed by atoms with E-state index in [0.29, 0.717) is 24.3 Å². The maximum Gasteiger partial charge on any atom is 0.260 e. The van der Waals surface area contributed by atoms with Crippen molar-refractivity contribution in [2.24, 2.45) is 0 Å². The van der Waals surface area contributed by atoms with E-state index < -0.39 is 28.9 Å². The lowest BCUT2D eigenvalue weighted by atomic mass is 10.1. The smallest absolute Gasteiger partial charge is 0.260 e. The number of amides is 1. The summed E-state index contributed by atoms with van der Waals surface area (Å²) in [6.45, 7) is 0.497. The first kappa shape index (κ1) is 17.7. The van der Waals surface area contributed by atoms with Crippen LogP contribution in [0.15, 0.2) is 36.4 Å². The van der Waals surface area contributed by atoms with Crippen molar-refractivity contribution in [1.82, 2.24) is 4.90 Å². The van der Waals surface area contributed by atoms with Gasteiger partial charge in [-0.3, -0.25) is 4.79 Å². The van der Waals surface area contributed by atoms with Crippen LogP contribution in [-0.2, 0) is 0 Å². The molecule has 0 spiro atoms. The highest BCUT2D eigenvalue weighted by molar-refractivity contribution is 5.96. The molecule has 24 heavy (non-hydrogen) atoms. The van der Waals surface area contributed by atoms with Gasteiger partial charge in [0.25, 0.3) is 5.91 Å². The molecule has 7 heteroatoms. The number of nitrogens with zero attached hydrogens (tertiary/aromatic N) is 1. The van der Waals surface area contributed by atoms with E-state index in [2.05, 4.69) is 0 Å². The number of hydrogen-bond acceptors (Lipinski definition) is 3. The van der Waals surface area contributed by atoms with Crippen molar-refractivity contribution in [3.63, 3.8) is 0 Å². The minimum Gasteiger partial charge on any atom is -0.507 e. The molecule has 0 unspecified atom stereocenters. The van der Waals surface area contributed by atoms with Crippen LogP contribution in [0.3, 0.4) is 0 Å². The molecular formula is C17H16F3NO3. The third-order valence-corrected chi connectivity index (χ3v) is 3.31. The second-order valence-corrected chi connectivity index (χ2v) is 5.16. The summed E-state index contributed by atoms with van der Waals surface area (Å²) in [5.74, 6) is -3.45. The number of rotatable bonds is 6. The Morgan fingerprint density at radius 2 is 1.79 bits per heavy atom. The molecule has 2 rings (SSSR count). The first-order chi connectivity index (χ1) is 11.4. The number of ether oxygens (including phenoxy) is 1. The number of phenols is 1. The number of carbonyl (C=O) groups excluding carboxylic acids is 1. The van der Waals surface area contributed by atoms with Crippen LogP contribution in [0.1, 0.15) is 16.8 Å². The normalized spacial score (nSPS) is 10.5. The molecule has 0 radical (unpaired) electrons. The Bertz CT molecular complexity index is 697. The van der Waals surface area contributed by atoms with Gasteiger partial charge in [0.15, 0.2) is 0 Å². The molecule has 0 aliphatic heterocycles. The van der Waals surface area contributed by atoms with Crippen LogP contribution >= 0.6 is 0 Å². The maximum absolute atomic E-state index is 13.7. The molecule has 0 bridgehead atoms. The summed E-state index contributed by atoms with van der Waals surface area (Å²) in [6.07, 6.45) is 0.434. The Morgan fingerprint density at radius 3 is 2.42 bits per heavy atom. The van der Waals surface area contributed by atoms with Crippen LogP contribution in [0.2, 0.25) is 0 Å². The summed E-state index contributed by atoms with van der Waals surface area (Å²) in [7, 11) is 1.43. The summed E-state index contributed by atoms with van der Waals surface area (Å²) in [4.78, 5) is 13.3. The van der Waals surface area contributed by atoms with E-state index in [-0.39, 0.29) is 19.0 Å². The van der Waals surface area contributed by atoms with E-state index in [0.717, 1.165) is 0 Å². The minimum atomic E-state index is -1.12. The van der Waals surface area contributed by atoms with Crippen molar-refractivity contribution >= 4 is 5.91 Å². The zero-order chi connectivity index (χ0) is 17.7. The Balaban J connectivity index is 1.87. The number of hydrogen-bond donors (Lipinski definition) is 1. The predicted octanol–water partition coefficient (Wildman–Crippen LogP) is 3.35. The van der Waals surface area contributed by atoms with Gasteiger partial charge < -0.3 is 14.7 Å². The molecule has 128 valence electrons. The van der Waals surface area contributed by atoms with Gasteiger partial charge in [0.1, 0.15) is 34.5 Å². The second kappa shape index (κ2) is 7.72. The fourth-order valence-electron chi connectivity index (χ4n) is 2.09. The molecule has 0 aliphatic carbocycles. The summed E-state index contributed by atoms with van der Waals surface area (Å²) in [5.41, 5.74) is -0.571. The van der Waals surface area contributed by atoms with Crippen LogP contribution in [0, 0.1) is 17.5 Å². The van der Waals surface area contributed by atoms with Crippen LogP contribution < -0.4 is 4.74 Å². The first-order valence-corrected chi connectivity index (χ1v) is 7.20. The molecule has 0 heterocycles. The van der Waals surface area contributed by atoms with Crippen molar-refractivity contribution in [2.45, 2.75) is 6.42 Å². The quantitative estimate of drug-likeness (QED) is 0.821. The van der Waals surface area contributed by atoms with Gasteiger partial charge in [-0.25, -0.2) is 13.2 Å². The highest BCUT2D eigenvalue weighted by Gasteiger charge is 2.21. The predicted molar refractivity (Wildman–Crippen MR) is 81.5 cm³/mol. The fraction of sp³-hybridized carbons (Fsp3) is 0.235. The van der Waals surface area contributed by atoms with E-state index in [4.69, 9.17) is 4.74 Å². The monoisotopic (exact) mass is 339 g/mol. The van der Waals surface area contributed by atoms with Crippen molar-refractivity contribution < 1.29 is 27.8 Å². The third-order valence-electron chi connectivity index (χ3n) is 3.31. The zero-order valence-corrected chi connectivity index (χ0v) is 12.9. The summed E-state index contributed by atoms with van der Waals surface area (Å²) < 4.78 is 44.7. The Labute approximate surface area is 137 Å². The van der Waals surface area contributed by atoms with E-state index in [1.54, 1.807) is 0 Å². The number of benzene rings is 2. The van der Waals surface area contributed by atoms with Gasteiger partial charge in [0.05, 0.1) is 6.61 Å². The van der Waals surface area contributed by atoms with Crippen molar-refractivity contribution in [3.05, 3.63) is 59.4 Å². The van der Waals surface area contributed by atoms with Crippen LogP contribution in [0.5, 0.6) is 11.5 Å². The summed E-state index contributed by atoms with van der Waals surface area (Å²) >= 11 is 0. The molecule has 0 atom stereocenters. The summed E-state index contributed by atoms with van der Waals surface area (Å²) in [5, 5.41) is 9.55. The fourth-order valence-corrected chi connectivity index (χ4v) is 2.09. The first-order valence-electron chi connectivity index (χ1n) is 7.20. The average molecular weight is 339 g/mol. The molecule has 0 saturated carbocycles. The zero-order valence-electron chi connectivity index (χ0n) is 12.9. The number of halogens is 3. The Kier molecular flexibility index (Phi) is 5.68. The number of phenolic OH excluding ortho intramolecular Hbond substituents is 1. The highest BCUT2D eigenvalue weighted by Crippen LogP contribution is 2.23. The lowest BCUT2D eigenvalue weighted by molar-refractivity contribution is 0.0780. The molecule has 4 nitrogen and oxygen atoms in total. The average Bonchev–Trinajstić information content (AvgIpc) is 2.52. The highest BCUT2D eigenvalue weighted by atomic mass is 19.1. The lowest BCUT2D eigenvalue weighted by Gasteiger charge is -2.18. The van der Waals surface area contributed by atoms with Crippen molar-refractivity contribution in [1.29, 1.82) is 0 Å². The Hall–Kier alpha value is -2.70. The van der Waals surface area contributed by atoms with Crippen LogP contribution in [-0.4, -0.2) is 36.1 Å². The molecule has 0 aromatic heterocycles. The van der Waals surface area contributed by atoms with Crippen molar-refractivity contribution in [3.8, 4) is 11.5 Å². The Morgan fingerprint density at radius 1 is 1.12 bits per heavy atom. The van der Waals surface area contributed by atoms with Crippen molar-refractivity contribution in [2.75, 3.05) is 20.2 Å². The van der Waals surface area contributed by atoms with E-state index >= 15 is 0 Å². The molecule has 0 aliphatic rings. The van der Waals surface area contributed by atoms with Gasteiger partial charge >= 0.3 is 0 Å².